The van der Waals surface area contributed by atoms with E-state index in [1.54, 1.807) is 31.6 Å². The van der Waals surface area contributed by atoms with Gasteiger partial charge in [-0.1, -0.05) is 25.1 Å². The molecule has 3 aromatic rings. The fourth-order valence-electron chi connectivity index (χ4n) is 2.49. The summed E-state index contributed by atoms with van der Waals surface area (Å²) in [6, 6.07) is 9.50. The molecule has 0 fully saturated rings. The molecule has 0 atom stereocenters. The highest BCUT2D eigenvalue weighted by molar-refractivity contribution is 7.93. The van der Waals surface area contributed by atoms with Crippen molar-refractivity contribution in [2.45, 2.75) is 20.8 Å². The molecule has 2 heterocycles. The normalized spacial score (nSPS) is 11.6. The zero-order chi connectivity index (χ0) is 18.0. The van der Waals surface area contributed by atoms with Gasteiger partial charge in [-0.05, 0) is 31.2 Å². The van der Waals surface area contributed by atoms with Crippen LogP contribution in [-0.4, -0.2) is 41.6 Å². The number of rotatable bonds is 4. The van der Waals surface area contributed by atoms with Crippen LogP contribution in [0.25, 0.3) is 16.6 Å². The lowest BCUT2D eigenvalue weighted by molar-refractivity contribution is 0.0999. The number of aromatic nitrogens is 4. The quantitative estimate of drug-likeness (QED) is 0.716. The summed E-state index contributed by atoms with van der Waals surface area (Å²) in [6.07, 6.45) is 1.74. The molecule has 7 nitrogen and oxygen atoms in total. The zero-order valence-electron chi connectivity index (χ0n) is 14.3. The van der Waals surface area contributed by atoms with Crippen LogP contribution in [0.15, 0.2) is 40.9 Å². The second kappa shape index (κ2) is 6.72. The highest BCUT2D eigenvalue weighted by Gasteiger charge is 2.19. The summed E-state index contributed by atoms with van der Waals surface area (Å²) in [5, 5.41) is 8.99. The van der Waals surface area contributed by atoms with Crippen LogP contribution in [0.5, 0.6) is 0 Å². The number of hydrogen-bond acceptors (Lipinski definition) is 5. The first-order valence-electron chi connectivity index (χ1n) is 8.01. The van der Waals surface area contributed by atoms with E-state index >= 15 is 0 Å². The molecule has 0 spiro atoms. The monoisotopic (exact) mass is 357 g/mol. The van der Waals surface area contributed by atoms with Crippen molar-refractivity contribution in [3.63, 3.8) is 0 Å². The van der Waals surface area contributed by atoms with E-state index in [0.717, 1.165) is 16.6 Å². The van der Waals surface area contributed by atoms with Gasteiger partial charge < -0.3 is 0 Å². The second-order valence-electron chi connectivity index (χ2n) is 5.56. The number of benzene rings is 1. The van der Waals surface area contributed by atoms with Gasteiger partial charge in [0.15, 0.2) is 5.69 Å². The van der Waals surface area contributed by atoms with Crippen LogP contribution in [0, 0.1) is 6.92 Å². The number of hydrogen-bond donors (Lipinski definition) is 0. The molecule has 0 aliphatic carbocycles. The van der Waals surface area contributed by atoms with E-state index in [-0.39, 0.29) is 5.69 Å². The van der Waals surface area contributed by atoms with Gasteiger partial charge in [-0.3, -0.25) is 9.78 Å². The molecule has 0 radical (unpaired) electrons. The Labute approximate surface area is 146 Å². The number of amides is 1. The molecule has 0 aliphatic heterocycles. The van der Waals surface area contributed by atoms with Gasteiger partial charge in [0.1, 0.15) is 0 Å². The molecule has 0 bridgehead atoms. The molecule has 25 heavy (non-hydrogen) atoms. The Kier molecular flexibility index (Phi) is 4.63. The SMILES string of the molecule is CCS(=O)(CC)=NC(=O)c1nnn(-c2ccc3ncccc3c2)c1C. The van der Waals surface area contributed by atoms with Gasteiger partial charge in [0.05, 0.1) is 26.6 Å². The minimum Gasteiger partial charge on any atom is -0.264 e. The largest absolute Gasteiger partial charge is 0.307 e. The van der Waals surface area contributed by atoms with Crippen LogP contribution in [0.2, 0.25) is 0 Å². The van der Waals surface area contributed by atoms with E-state index < -0.39 is 15.6 Å². The molecule has 1 amide bonds. The number of carbonyl (C=O) groups excluding carboxylic acids is 1. The Hall–Kier alpha value is -2.61. The van der Waals surface area contributed by atoms with Gasteiger partial charge in [-0.15, -0.1) is 5.10 Å². The van der Waals surface area contributed by atoms with E-state index in [1.807, 2.05) is 30.3 Å². The summed E-state index contributed by atoms with van der Waals surface area (Å²) in [5.74, 6) is 0.0834. The number of pyridine rings is 1. The van der Waals surface area contributed by atoms with E-state index in [1.165, 1.54) is 0 Å². The molecule has 1 aromatic carbocycles. The average molecular weight is 357 g/mol. The first kappa shape index (κ1) is 17.2. The lowest BCUT2D eigenvalue weighted by Crippen LogP contribution is -2.11. The Morgan fingerprint density at radius 3 is 2.72 bits per heavy atom. The number of fused-ring (bicyclic) bond motifs is 1. The molecular weight excluding hydrogens is 338 g/mol. The van der Waals surface area contributed by atoms with Gasteiger partial charge in [-0.2, -0.15) is 4.36 Å². The van der Waals surface area contributed by atoms with Gasteiger partial charge in [0.2, 0.25) is 0 Å². The molecule has 0 unspecified atom stereocenters. The van der Waals surface area contributed by atoms with Crippen LogP contribution in [0.1, 0.15) is 30.0 Å². The summed E-state index contributed by atoms with van der Waals surface area (Å²) >= 11 is 0. The summed E-state index contributed by atoms with van der Waals surface area (Å²) in [5.41, 5.74) is 2.34. The van der Waals surface area contributed by atoms with E-state index in [0.29, 0.717) is 17.2 Å². The van der Waals surface area contributed by atoms with Gasteiger partial charge in [0, 0.05) is 23.1 Å². The Morgan fingerprint density at radius 2 is 2.00 bits per heavy atom. The maximum Gasteiger partial charge on any atom is 0.307 e. The molecule has 0 saturated heterocycles. The minimum absolute atomic E-state index is 0.126. The molecular formula is C17H19N5O2S. The first-order chi connectivity index (χ1) is 12.0. The standard InChI is InChI=1S/C17H19N5O2S/c1-4-25(24,5-2)20-17(23)16-12(3)22(21-19-16)14-8-9-15-13(11-14)7-6-10-18-15/h6-11H,4-5H2,1-3H3. The Morgan fingerprint density at radius 1 is 1.24 bits per heavy atom. The first-order valence-corrected chi connectivity index (χ1v) is 9.87. The van der Waals surface area contributed by atoms with Crippen molar-refractivity contribution in [3.05, 3.63) is 47.9 Å². The van der Waals surface area contributed by atoms with Crippen molar-refractivity contribution in [2.24, 2.45) is 4.36 Å². The van der Waals surface area contributed by atoms with E-state index in [2.05, 4.69) is 19.7 Å². The fraction of sp³-hybridized carbons (Fsp3) is 0.294. The molecule has 0 aliphatic rings. The molecule has 0 saturated carbocycles. The van der Waals surface area contributed by atoms with E-state index in [4.69, 9.17) is 0 Å². The van der Waals surface area contributed by atoms with Crippen molar-refractivity contribution in [3.8, 4) is 5.69 Å². The molecule has 130 valence electrons. The smallest absolute Gasteiger partial charge is 0.264 e. The molecule has 0 N–H and O–H groups in total. The summed E-state index contributed by atoms with van der Waals surface area (Å²) in [7, 11) is -2.52. The maximum absolute atomic E-state index is 12.4. The van der Waals surface area contributed by atoms with Crippen molar-refractivity contribution in [1.29, 1.82) is 0 Å². The predicted octanol–water partition coefficient (Wildman–Crippen LogP) is 2.77. The van der Waals surface area contributed by atoms with Crippen LogP contribution in [0.4, 0.5) is 0 Å². The summed E-state index contributed by atoms with van der Waals surface area (Å²) < 4.78 is 17.9. The molecule has 2 aromatic heterocycles. The van der Waals surface area contributed by atoms with Crippen LogP contribution < -0.4 is 0 Å². The van der Waals surface area contributed by atoms with Crippen molar-refractivity contribution >= 4 is 26.5 Å². The van der Waals surface area contributed by atoms with Crippen molar-refractivity contribution in [1.82, 2.24) is 20.0 Å². The third kappa shape index (κ3) is 3.30. The minimum atomic E-state index is -2.52. The highest BCUT2D eigenvalue weighted by atomic mass is 32.2. The lowest BCUT2D eigenvalue weighted by atomic mass is 10.2. The van der Waals surface area contributed by atoms with Crippen molar-refractivity contribution in [2.75, 3.05) is 11.5 Å². The predicted molar refractivity (Wildman–Crippen MR) is 97.4 cm³/mol. The van der Waals surface area contributed by atoms with Gasteiger partial charge >= 0.3 is 5.91 Å². The summed E-state index contributed by atoms with van der Waals surface area (Å²) in [4.78, 5) is 16.7. The van der Waals surface area contributed by atoms with Gasteiger partial charge in [-0.25, -0.2) is 8.89 Å². The molecule has 3 rings (SSSR count). The average Bonchev–Trinajstić information content (AvgIpc) is 3.02. The number of nitrogens with zero attached hydrogens (tertiary/aromatic N) is 5. The van der Waals surface area contributed by atoms with Crippen LogP contribution in [0.3, 0.4) is 0 Å². The maximum atomic E-state index is 12.4. The third-order valence-corrected chi connectivity index (χ3v) is 6.38. The molecule has 8 heteroatoms. The topological polar surface area (TPSA) is 90.1 Å². The lowest BCUT2D eigenvalue weighted by Gasteiger charge is -2.05. The van der Waals surface area contributed by atoms with Crippen LogP contribution >= 0.6 is 0 Å². The van der Waals surface area contributed by atoms with Crippen molar-refractivity contribution < 1.29 is 9.00 Å². The fourth-order valence-corrected chi connectivity index (χ4v) is 3.55. The third-order valence-electron chi connectivity index (χ3n) is 4.08. The Bertz CT molecular complexity index is 1050. The second-order valence-corrected chi connectivity index (χ2v) is 8.44. The number of carbonyl (C=O) groups is 1. The van der Waals surface area contributed by atoms with Crippen LogP contribution in [-0.2, 0) is 9.73 Å². The highest BCUT2D eigenvalue weighted by Crippen LogP contribution is 2.18. The summed E-state index contributed by atoms with van der Waals surface area (Å²) in [6.45, 7) is 5.26. The van der Waals surface area contributed by atoms with Gasteiger partial charge in [0.25, 0.3) is 0 Å². The zero-order valence-corrected chi connectivity index (χ0v) is 15.2. The van der Waals surface area contributed by atoms with E-state index in [9.17, 15) is 9.00 Å². The Balaban J connectivity index is 2.03.